The highest BCUT2D eigenvalue weighted by molar-refractivity contribution is 7.16. The van der Waals surface area contributed by atoms with Gasteiger partial charge < -0.3 is 4.90 Å². The Morgan fingerprint density at radius 2 is 2.16 bits per heavy atom. The molecule has 1 saturated carbocycles. The topological polar surface area (TPSA) is 29.0 Å². The van der Waals surface area contributed by atoms with Gasteiger partial charge in [-0.15, -0.1) is 11.3 Å². The SMILES string of the molecule is CC1CN(c2ncnc3sccc23)C2CCCCC12. The molecular weight excluding hydrogens is 254 g/mol. The molecule has 1 aliphatic carbocycles. The van der Waals surface area contributed by atoms with Crippen molar-refractivity contribution >= 4 is 27.4 Å². The first-order valence-corrected chi connectivity index (χ1v) is 8.17. The van der Waals surface area contributed by atoms with E-state index in [0.717, 1.165) is 23.2 Å². The van der Waals surface area contributed by atoms with Crippen LogP contribution in [-0.4, -0.2) is 22.6 Å². The van der Waals surface area contributed by atoms with Crippen molar-refractivity contribution in [3.63, 3.8) is 0 Å². The van der Waals surface area contributed by atoms with E-state index in [1.54, 1.807) is 17.7 Å². The van der Waals surface area contributed by atoms with Crippen molar-refractivity contribution in [3.8, 4) is 0 Å². The number of hydrogen-bond donors (Lipinski definition) is 0. The fourth-order valence-electron chi connectivity index (χ4n) is 4.02. The van der Waals surface area contributed by atoms with Crippen LogP contribution >= 0.6 is 11.3 Å². The Morgan fingerprint density at radius 1 is 1.26 bits per heavy atom. The van der Waals surface area contributed by atoms with Gasteiger partial charge in [-0.1, -0.05) is 19.8 Å². The summed E-state index contributed by atoms with van der Waals surface area (Å²) in [7, 11) is 0. The van der Waals surface area contributed by atoms with Crippen molar-refractivity contribution in [1.29, 1.82) is 0 Å². The van der Waals surface area contributed by atoms with Crippen LogP contribution in [0.1, 0.15) is 32.6 Å². The van der Waals surface area contributed by atoms with Crippen molar-refractivity contribution in [2.24, 2.45) is 11.8 Å². The molecule has 3 nitrogen and oxygen atoms in total. The third-order valence-corrected chi connectivity index (χ3v) is 5.73. The summed E-state index contributed by atoms with van der Waals surface area (Å²) in [6.45, 7) is 3.58. The Balaban J connectivity index is 1.77. The first kappa shape index (κ1) is 11.6. The summed E-state index contributed by atoms with van der Waals surface area (Å²) in [5, 5.41) is 3.37. The average Bonchev–Trinajstić information content (AvgIpc) is 3.04. The van der Waals surface area contributed by atoms with Gasteiger partial charge in [0.15, 0.2) is 0 Å². The molecule has 0 amide bonds. The molecule has 0 bridgehead atoms. The lowest BCUT2D eigenvalue weighted by atomic mass is 9.80. The molecule has 100 valence electrons. The highest BCUT2D eigenvalue weighted by Gasteiger charge is 2.41. The summed E-state index contributed by atoms with van der Waals surface area (Å²) in [6, 6.07) is 2.89. The summed E-state index contributed by atoms with van der Waals surface area (Å²) in [5.41, 5.74) is 0. The molecule has 4 heteroatoms. The van der Waals surface area contributed by atoms with Gasteiger partial charge >= 0.3 is 0 Å². The lowest BCUT2D eigenvalue weighted by Crippen LogP contribution is -2.35. The fourth-order valence-corrected chi connectivity index (χ4v) is 4.75. The van der Waals surface area contributed by atoms with Gasteiger partial charge in [-0.3, -0.25) is 0 Å². The molecule has 0 aromatic carbocycles. The monoisotopic (exact) mass is 273 g/mol. The Bertz CT molecular complexity index is 594. The van der Waals surface area contributed by atoms with E-state index in [4.69, 9.17) is 0 Å². The summed E-state index contributed by atoms with van der Waals surface area (Å²) in [6.07, 6.45) is 7.26. The van der Waals surface area contributed by atoms with Crippen molar-refractivity contribution in [2.75, 3.05) is 11.4 Å². The molecule has 2 fully saturated rings. The minimum absolute atomic E-state index is 0.710. The molecule has 3 heterocycles. The fraction of sp³-hybridized carbons (Fsp3) is 0.600. The molecule has 1 saturated heterocycles. The van der Waals surface area contributed by atoms with Crippen molar-refractivity contribution < 1.29 is 0 Å². The van der Waals surface area contributed by atoms with Crippen molar-refractivity contribution in [1.82, 2.24) is 9.97 Å². The second-order valence-electron chi connectivity index (χ2n) is 5.98. The molecule has 0 spiro atoms. The van der Waals surface area contributed by atoms with E-state index < -0.39 is 0 Å². The quantitative estimate of drug-likeness (QED) is 0.793. The predicted octanol–water partition coefficient (Wildman–Crippen LogP) is 3.71. The maximum absolute atomic E-state index is 4.61. The molecule has 4 rings (SSSR count). The number of fused-ring (bicyclic) bond motifs is 2. The van der Waals surface area contributed by atoms with E-state index in [1.807, 2.05) is 0 Å². The van der Waals surface area contributed by atoms with Crippen LogP contribution in [0, 0.1) is 11.8 Å². The largest absolute Gasteiger partial charge is 0.352 e. The molecule has 19 heavy (non-hydrogen) atoms. The van der Waals surface area contributed by atoms with E-state index in [1.165, 1.54) is 36.9 Å². The normalized spacial score (nSPS) is 30.8. The maximum atomic E-state index is 4.61. The molecule has 2 aliphatic rings. The minimum atomic E-state index is 0.710. The molecule has 3 unspecified atom stereocenters. The zero-order chi connectivity index (χ0) is 12.8. The van der Waals surface area contributed by atoms with Crippen LogP contribution in [0.4, 0.5) is 5.82 Å². The zero-order valence-corrected chi connectivity index (χ0v) is 12.1. The molecule has 0 radical (unpaired) electrons. The van der Waals surface area contributed by atoms with Gasteiger partial charge in [0.2, 0.25) is 0 Å². The smallest absolute Gasteiger partial charge is 0.141 e. The number of hydrogen-bond acceptors (Lipinski definition) is 4. The van der Waals surface area contributed by atoms with Crippen LogP contribution in [0.25, 0.3) is 10.2 Å². The predicted molar refractivity (Wildman–Crippen MR) is 79.7 cm³/mol. The Labute approximate surface area is 117 Å². The number of aromatic nitrogens is 2. The Morgan fingerprint density at radius 3 is 3.11 bits per heavy atom. The number of anilines is 1. The lowest BCUT2D eigenvalue weighted by molar-refractivity contribution is 0.293. The summed E-state index contributed by atoms with van der Waals surface area (Å²) < 4.78 is 0. The minimum Gasteiger partial charge on any atom is -0.352 e. The van der Waals surface area contributed by atoms with Crippen LogP contribution < -0.4 is 4.90 Å². The van der Waals surface area contributed by atoms with E-state index in [0.29, 0.717) is 6.04 Å². The van der Waals surface area contributed by atoms with Gasteiger partial charge in [0.05, 0.1) is 5.39 Å². The third-order valence-electron chi connectivity index (χ3n) is 4.91. The molecule has 2 aromatic heterocycles. The lowest BCUT2D eigenvalue weighted by Gasteiger charge is -2.33. The second kappa shape index (κ2) is 4.44. The van der Waals surface area contributed by atoms with Crippen LogP contribution in [0.3, 0.4) is 0 Å². The molecule has 3 atom stereocenters. The van der Waals surface area contributed by atoms with Crippen molar-refractivity contribution in [2.45, 2.75) is 38.6 Å². The van der Waals surface area contributed by atoms with Crippen LogP contribution in [0.2, 0.25) is 0 Å². The number of nitrogens with zero attached hydrogens (tertiary/aromatic N) is 3. The Hall–Kier alpha value is -1.16. The standard InChI is InChI=1S/C15H19N3S/c1-10-8-18(13-5-3-2-4-11(10)13)14-12-6-7-19-15(12)17-9-16-14/h6-7,9-11,13H,2-5,8H2,1H3. The second-order valence-corrected chi connectivity index (χ2v) is 6.88. The summed E-state index contributed by atoms with van der Waals surface area (Å²) in [5.74, 6) is 2.85. The number of thiophene rings is 1. The van der Waals surface area contributed by atoms with E-state index in [2.05, 4.69) is 33.2 Å². The van der Waals surface area contributed by atoms with E-state index >= 15 is 0 Å². The third kappa shape index (κ3) is 1.76. The zero-order valence-electron chi connectivity index (χ0n) is 11.2. The van der Waals surface area contributed by atoms with Crippen molar-refractivity contribution in [3.05, 3.63) is 17.8 Å². The molecule has 2 aromatic rings. The summed E-state index contributed by atoms with van der Waals surface area (Å²) >= 11 is 1.71. The number of rotatable bonds is 1. The van der Waals surface area contributed by atoms with E-state index in [9.17, 15) is 0 Å². The van der Waals surface area contributed by atoms with Gasteiger partial charge in [0.25, 0.3) is 0 Å². The Kier molecular flexibility index (Phi) is 2.72. The molecular formula is C15H19N3S. The summed E-state index contributed by atoms with van der Waals surface area (Å²) in [4.78, 5) is 12.7. The highest BCUT2D eigenvalue weighted by Crippen LogP contribution is 2.43. The van der Waals surface area contributed by atoms with Gasteiger partial charge in [-0.05, 0) is 36.1 Å². The van der Waals surface area contributed by atoms with Crippen LogP contribution in [0.15, 0.2) is 17.8 Å². The van der Waals surface area contributed by atoms with Gasteiger partial charge in [0, 0.05) is 12.6 Å². The van der Waals surface area contributed by atoms with Gasteiger partial charge in [0.1, 0.15) is 17.0 Å². The van der Waals surface area contributed by atoms with E-state index in [-0.39, 0.29) is 0 Å². The van der Waals surface area contributed by atoms with Gasteiger partial charge in [-0.2, -0.15) is 0 Å². The first-order chi connectivity index (χ1) is 9.34. The first-order valence-electron chi connectivity index (χ1n) is 7.29. The molecule has 1 aliphatic heterocycles. The van der Waals surface area contributed by atoms with Gasteiger partial charge in [-0.25, -0.2) is 9.97 Å². The average molecular weight is 273 g/mol. The highest BCUT2D eigenvalue weighted by atomic mass is 32.1. The van der Waals surface area contributed by atoms with Crippen LogP contribution in [0.5, 0.6) is 0 Å². The van der Waals surface area contributed by atoms with Crippen LogP contribution in [-0.2, 0) is 0 Å². The maximum Gasteiger partial charge on any atom is 0.141 e. The molecule has 0 N–H and O–H groups in total.